The number of hydrogen-bond donors (Lipinski definition) is 1. The normalized spacial score (nSPS) is 22.2. The molecule has 90 valence electrons. The third-order valence-electron chi connectivity index (χ3n) is 3.65. The van der Waals surface area contributed by atoms with Crippen LogP contribution in [0.5, 0.6) is 0 Å². The molecule has 1 aliphatic heterocycles. The number of fused-ring (bicyclic) bond motifs is 1. The Bertz CT molecular complexity index is 591. The van der Waals surface area contributed by atoms with Crippen molar-refractivity contribution in [2.45, 2.75) is 18.9 Å². The lowest BCUT2D eigenvalue weighted by Gasteiger charge is -2.37. The number of nitrogens with one attached hydrogen (secondary N) is 1. The van der Waals surface area contributed by atoms with Crippen molar-refractivity contribution in [1.29, 1.82) is 0 Å². The lowest BCUT2D eigenvalue weighted by Crippen LogP contribution is -2.49. The van der Waals surface area contributed by atoms with Gasteiger partial charge in [0.25, 0.3) is 0 Å². The predicted molar refractivity (Wildman–Crippen MR) is 71.2 cm³/mol. The van der Waals surface area contributed by atoms with Crippen molar-refractivity contribution in [2.24, 2.45) is 0 Å². The van der Waals surface area contributed by atoms with E-state index in [1.807, 2.05) is 36.4 Å². The molecule has 1 amide bonds. The van der Waals surface area contributed by atoms with Crippen LogP contribution in [0.3, 0.4) is 0 Å². The summed E-state index contributed by atoms with van der Waals surface area (Å²) in [5.74, 6) is 0.0834. The summed E-state index contributed by atoms with van der Waals surface area (Å²) < 4.78 is 0. The third-order valence-corrected chi connectivity index (χ3v) is 3.65. The zero-order chi connectivity index (χ0) is 12.6. The molecule has 0 aromatic heterocycles. The molecule has 3 rings (SSSR count). The molecule has 1 N–H and O–H groups in total. The molecule has 1 atom stereocenters. The lowest BCUT2D eigenvalue weighted by molar-refractivity contribution is -0.122. The molecule has 0 fully saturated rings. The topological polar surface area (TPSA) is 29.1 Å². The highest BCUT2D eigenvalue weighted by atomic mass is 16.1. The Morgan fingerprint density at radius 3 is 2.44 bits per heavy atom. The second-order valence-electron chi connectivity index (χ2n) is 4.87. The van der Waals surface area contributed by atoms with Crippen LogP contribution in [0.1, 0.15) is 23.6 Å². The van der Waals surface area contributed by atoms with Gasteiger partial charge in [0.1, 0.15) is 0 Å². The molecule has 2 nitrogen and oxygen atoms in total. The van der Waals surface area contributed by atoms with Crippen molar-refractivity contribution in [1.82, 2.24) is 5.32 Å². The van der Waals surface area contributed by atoms with Crippen LogP contribution in [0.15, 0.2) is 54.6 Å². The van der Waals surface area contributed by atoms with Gasteiger partial charge >= 0.3 is 0 Å². The van der Waals surface area contributed by atoms with Gasteiger partial charge < -0.3 is 5.32 Å². The predicted octanol–water partition coefficient (Wildman–Crippen LogP) is 2.62. The van der Waals surface area contributed by atoms with Gasteiger partial charge in [-0.15, -0.1) is 0 Å². The molecule has 1 heterocycles. The summed E-state index contributed by atoms with van der Waals surface area (Å²) in [6.45, 7) is 2.07. The van der Waals surface area contributed by atoms with Crippen LogP contribution < -0.4 is 5.32 Å². The molecule has 0 saturated heterocycles. The summed E-state index contributed by atoms with van der Waals surface area (Å²) in [4.78, 5) is 11.9. The van der Waals surface area contributed by atoms with Gasteiger partial charge in [-0.25, -0.2) is 0 Å². The first-order valence-corrected chi connectivity index (χ1v) is 6.15. The van der Waals surface area contributed by atoms with Crippen molar-refractivity contribution in [2.75, 3.05) is 0 Å². The van der Waals surface area contributed by atoms with E-state index < -0.39 is 5.54 Å². The van der Waals surface area contributed by atoms with Gasteiger partial charge in [0.05, 0.1) is 12.0 Å². The second-order valence-corrected chi connectivity index (χ2v) is 4.87. The quantitative estimate of drug-likeness (QED) is 0.811. The monoisotopic (exact) mass is 237 g/mol. The maximum absolute atomic E-state index is 11.9. The van der Waals surface area contributed by atoms with E-state index in [1.165, 1.54) is 5.56 Å². The van der Waals surface area contributed by atoms with Gasteiger partial charge in [-0.2, -0.15) is 0 Å². The van der Waals surface area contributed by atoms with Crippen molar-refractivity contribution in [3.63, 3.8) is 0 Å². The Labute approximate surface area is 107 Å². The van der Waals surface area contributed by atoms with Crippen LogP contribution in [0.2, 0.25) is 0 Å². The van der Waals surface area contributed by atoms with Crippen LogP contribution in [0.4, 0.5) is 0 Å². The van der Waals surface area contributed by atoms with E-state index in [-0.39, 0.29) is 5.91 Å². The van der Waals surface area contributed by atoms with Crippen LogP contribution in [-0.4, -0.2) is 5.91 Å². The highest BCUT2D eigenvalue weighted by Crippen LogP contribution is 2.34. The molecular formula is C16H15NO. The van der Waals surface area contributed by atoms with E-state index in [9.17, 15) is 4.79 Å². The Morgan fingerprint density at radius 2 is 1.67 bits per heavy atom. The van der Waals surface area contributed by atoms with E-state index in [2.05, 4.69) is 30.4 Å². The molecule has 2 aromatic carbocycles. The third kappa shape index (κ3) is 1.61. The Hall–Kier alpha value is -2.09. The van der Waals surface area contributed by atoms with Crippen LogP contribution in [-0.2, 0) is 16.8 Å². The van der Waals surface area contributed by atoms with Gasteiger partial charge in [0, 0.05) is 0 Å². The van der Waals surface area contributed by atoms with Crippen molar-refractivity contribution < 1.29 is 4.79 Å². The SMILES string of the molecule is C[C@]1(c2ccccc2)NC(=O)Cc2ccccc21. The van der Waals surface area contributed by atoms with Crippen molar-refractivity contribution in [3.8, 4) is 0 Å². The molecule has 18 heavy (non-hydrogen) atoms. The van der Waals surface area contributed by atoms with Gasteiger partial charge in [0.15, 0.2) is 0 Å². The van der Waals surface area contributed by atoms with Crippen LogP contribution in [0, 0.1) is 0 Å². The number of amides is 1. The minimum Gasteiger partial charge on any atom is -0.342 e. The summed E-state index contributed by atoms with van der Waals surface area (Å²) in [7, 11) is 0. The van der Waals surface area contributed by atoms with Crippen molar-refractivity contribution in [3.05, 3.63) is 71.3 Å². The highest BCUT2D eigenvalue weighted by molar-refractivity contribution is 5.83. The Kier molecular flexibility index (Phi) is 2.44. The first kappa shape index (κ1) is 11.0. The molecule has 2 heteroatoms. The standard InChI is InChI=1S/C16H15NO/c1-16(13-8-3-2-4-9-13)14-10-6-5-7-12(14)11-15(18)17-16/h2-10H,11H2,1H3,(H,17,18)/t16-/m1/s1. The van der Waals surface area contributed by atoms with Gasteiger partial charge in [-0.1, -0.05) is 54.6 Å². The van der Waals surface area contributed by atoms with Crippen molar-refractivity contribution >= 4 is 5.91 Å². The number of benzene rings is 2. The van der Waals surface area contributed by atoms with E-state index in [0.29, 0.717) is 6.42 Å². The molecule has 2 aromatic rings. The molecule has 0 radical (unpaired) electrons. The zero-order valence-electron chi connectivity index (χ0n) is 10.3. The molecule has 0 spiro atoms. The van der Waals surface area contributed by atoms with E-state index >= 15 is 0 Å². The maximum Gasteiger partial charge on any atom is 0.225 e. The number of hydrogen-bond acceptors (Lipinski definition) is 1. The lowest BCUT2D eigenvalue weighted by atomic mass is 9.78. The maximum atomic E-state index is 11.9. The summed E-state index contributed by atoms with van der Waals surface area (Å²) >= 11 is 0. The van der Waals surface area contributed by atoms with Gasteiger partial charge in [-0.05, 0) is 23.6 Å². The molecule has 0 aliphatic carbocycles. The Morgan fingerprint density at radius 1 is 1.00 bits per heavy atom. The second kappa shape index (κ2) is 3.98. The minimum atomic E-state index is -0.423. The number of carbonyl (C=O) groups excluding carboxylic acids is 1. The van der Waals surface area contributed by atoms with Crippen LogP contribution in [0.25, 0.3) is 0 Å². The summed E-state index contributed by atoms with van der Waals surface area (Å²) in [6.07, 6.45) is 0.471. The molecule has 0 bridgehead atoms. The average molecular weight is 237 g/mol. The summed E-state index contributed by atoms with van der Waals surface area (Å²) in [5.41, 5.74) is 3.00. The first-order valence-electron chi connectivity index (χ1n) is 6.15. The van der Waals surface area contributed by atoms with E-state index in [1.54, 1.807) is 0 Å². The summed E-state index contributed by atoms with van der Waals surface area (Å²) in [5, 5.41) is 3.13. The first-order chi connectivity index (χ1) is 8.70. The largest absolute Gasteiger partial charge is 0.342 e. The van der Waals surface area contributed by atoms with Gasteiger partial charge in [0.2, 0.25) is 5.91 Å². The van der Waals surface area contributed by atoms with Crippen LogP contribution >= 0.6 is 0 Å². The van der Waals surface area contributed by atoms with E-state index in [0.717, 1.165) is 11.1 Å². The minimum absolute atomic E-state index is 0.0834. The smallest absolute Gasteiger partial charge is 0.225 e. The highest BCUT2D eigenvalue weighted by Gasteiger charge is 2.36. The van der Waals surface area contributed by atoms with Gasteiger partial charge in [-0.3, -0.25) is 4.79 Å². The average Bonchev–Trinajstić information content (AvgIpc) is 2.39. The molecule has 0 saturated carbocycles. The number of carbonyl (C=O) groups is 1. The fourth-order valence-corrected chi connectivity index (χ4v) is 2.72. The fraction of sp³-hybridized carbons (Fsp3) is 0.188. The summed E-state index contributed by atoms with van der Waals surface area (Å²) in [6, 6.07) is 18.3. The molecule has 1 aliphatic rings. The fourth-order valence-electron chi connectivity index (χ4n) is 2.72. The molecule has 0 unspecified atom stereocenters. The number of rotatable bonds is 1. The van der Waals surface area contributed by atoms with E-state index in [4.69, 9.17) is 0 Å². The Balaban J connectivity index is 2.21. The zero-order valence-corrected chi connectivity index (χ0v) is 10.3. The molecular weight excluding hydrogens is 222 g/mol.